The molecule has 20 heavy (non-hydrogen) atoms. The number of benzene rings is 2. The lowest BCUT2D eigenvalue weighted by atomic mass is 10.2. The largest absolute Gasteiger partial charge is 0.489 e. The van der Waals surface area contributed by atoms with Crippen molar-refractivity contribution in [2.75, 3.05) is 14.1 Å². The lowest BCUT2D eigenvalue weighted by Gasteiger charge is -2.10. The van der Waals surface area contributed by atoms with Crippen LogP contribution in [0.1, 0.15) is 5.56 Å². The maximum Gasteiger partial charge on any atom is 0.285 e. The number of carbonyl (C=O) groups is 1. The molecule has 0 fully saturated rings. The van der Waals surface area contributed by atoms with Gasteiger partial charge in [-0.05, 0) is 35.5 Å². The smallest absolute Gasteiger partial charge is 0.285 e. The number of thioether (sulfide) groups is 1. The lowest BCUT2D eigenvalue weighted by molar-refractivity contribution is 0.241. The second-order valence-electron chi connectivity index (χ2n) is 4.51. The zero-order chi connectivity index (χ0) is 14.4. The molecular weight excluding hydrogens is 270 g/mol. The van der Waals surface area contributed by atoms with E-state index in [9.17, 15) is 4.79 Å². The molecule has 0 aliphatic rings. The Labute approximate surface area is 123 Å². The van der Waals surface area contributed by atoms with Crippen LogP contribution in [-0.2, 0) is 6.61 Å². The average Bonchev–Trinajstić information content (AvgIpc) is 2.46. The summed E-state index contributed by atoms with van der Waals surface area (Å²) in [6.07, 6.45) is 0. The first kappa shape index (κ1) is 14.5. The number of ether oxygens (including phenoxy) is 1. The number of carbonyl (C=O) groups excluding carboxylic acids is 1. The molecule has 3 nitrogen and oxygen atoms in total. The van der Waals surface area contributed by atoms with Crippen LogP contribution in [0.25, 0.3) is 0 Å². The van der Waals surface area contributed by atoms with Crippen LogP contribution in [0, 0.1) is 0 Å². The summed E-state index contributed by atoms with van der Waals surface area (Å²) in [5.74, 6) is 0.769. The van der Waals surface area contributed by atoms with Crippen LogP contribution >= 0.6 is 11.8 Å². The highest BCUT2D eigenvalue weighted by atomic mass is 32.2. The summed E-state index contributed by atoms with van der Waals surface area (Å²) in [6, 6.07) is 17.6. The van der Waals surface area contributed by atoms with Gasteiger partial charge in [-0.3, -0.25) is 4.79 Å². The number of nitrogens with zero attached hydrogens (tertiary/aromatic N) is 1. The van der Waals surface area contributed by atoms with Crippen molar-refractivity contribution in [3.8, 4) is 5.75 Å². The topological polar surface area (TPSA) is 29.5 Å². The van der Waals surface area contributed by atoms with E-state index in [4.69, 9.17) is 4.74 Å². The minimum absolute atomic E-state index is 0.00482. The van der Waals surface area contributed by atoms with Crippen LogP contribution in [0.2, 0.25) is 0 Å². The van der Waals surface area contributed by atoms with Crippen molar-refractivity contribution in [1.82, 2.24) is 4.90 Å². The zero-order valence-corrected chi connectivity index (χ0v) is 12.4. The molecule has 0 unspecified atom stereocenters. The molecule has 0 saturated heterocycles. The summed E-state index contributed by atoms with van der Waals surface area (Å²) < 4.78 is 5.74. The van der Waals surface area contributed by atoms with Gasteiger partial charge in [-0.2, -0.15) is 0 Å². The molecule has 0 N–H and O–H groups in total. The summed E-state index contributed by atoms with van der Waals surface area (Å²) in [4.78, 5) is 14.1. The van der Waals surface area contributed by atoms with Crippen molar-refractivity contribution in [3.05, 3.63) is 60.2 Å². The van der Waals surface area contributed by atoms with E-state index >= 15 is 0 Å². The van der Waals surface area contributed by atoms with Gasteiger partial charge in [0.25, 0.3) is 5.24 Å². The summed E-state index contributed by atoms with van der Waals surface area (Å²) in [6.45, 7) is 0.524. The normalized spacial score (nSPS) is 10.1. The Morgan fingerprint density at radius 1 is 1.10 bits per heavy atom. The van der Waals surface area contributed by atoms with E-state index in [1.54, 1.807) is 19.0 Å². The van der Waals surface area contributed by atoms with Crippen LogP contribution in [0.3, 0.4) is 0 Å². The fraction of sp³-hybridized carbons (Fsp3) is 0.188. The van der Waals surface area contributed by atoms with Gasteiger partial charge in [0.05, 0.1) is 0 Å². The molecule has 0 atom stereocenters. The molecule has 0 saturated carbocycles. The lowest BCUT2D eigenvalue weighted by Crippen LogP contribution is -2.15. The Kier molecular flexibility index (Phi) is 5.07. The van der Waals surface area contributed by atoms with Crippen molar-refractivity contribution in [2.24, 2.45) is 0 Å². The Morgan fingerprint density at radius 2 is 1.85 bits per heavy atom. The van der Waals surface area contributed by atoms with Crippen LogP contribution in [0.5, 0.6) is 5.75 Å². The Bertz CT molecular complexity index is 570. The van der Waals surface area contributed by atoms with Gasteiger partial charge in [0.2, 0.25) is 0 Å². The fourth-order valence-electron chi connectivity index (χ4n) is 1.56. The molecule has 2 aromatic carbocycles. The van der Waals surface area contributed by atoms with Gasteiger partial charge in [-0.15, -0.1) is 0 Å². The first-order chi connectivity index (χ1) is 9.65. The van der Waals surface area contributed by atoms with Crippen molar-refractivity contribution < 1.29 is 9.53 Å². The van der Waals surface area contributed by atoms with Crippen LogP contribution < -0.4 is 4.74 Å². The highest BCUT2D eigenvalue weighted by Crippen LogP contribution is 2.25. The van der Waals surface area contributed by atoms with Crippen molar-refractivity contribution in [2.45, 2.75) is 11.5 Å². The molecule has 0 heterocycles. The molecular formula is C16H17NO2S. The second kappa shape index (κ2) is 7.01. The quantitative estimate of drug-likeness (QED) is 0.795. The molecule has 0 aliphatic carbocycles. The number of hydrogen-bond acceptors (Lipinski definition) is 3. The van der Waals surface area contributed by atoms with Crippen LogP contribution in [-0.4, -0.2) is 24.2 Å². The molecule has 2 rings (SSSR count). The molecule has 4 heteroatoms. The monoisotopic (exact) mass is 287 g/mol. The minimum Gasteiger partial charge on any atom is -0.489 e. The Balaban J connectivity index is 1.97. The SMILES string of the molecule is CN(C)C(=O)Sc1cccc(OCc2ccccc2)c1. The molecule has 104 valence electrons. The first-order valence-corrected chi connectivity index (χ1v) is 7.13. The third-order valence-electron chi connectivity index (χ3n) is 2.62. The Morgan fingerprint density at radius 3 is 2.55 bits per heavy atom. The van der Waals surface area contributed by atoms with Crippen molar-refractivity contribution in [3.63, 3.8) is 0 Å². The summed E-state index contributed by atoms with van der Waals surface area (Å²) in [7, 11) is 3.48. The molecule has 0 spiro atoms. The van der Waals surface area contributed by atoms with Crippen molar-refractivity contribution in [1.29, 1.82) is 0 Å². The standard InChI is InChI=1S/C16H17NO2S/c1-17(2)16(18)20-15-10-6-9-14(11-15)19-12-13-7-4-3-5-8-13/h3-11H,12H2,1-2H3. The fourth-order valence-corrected chi connectivity index (χ4v) is 2.27. The van der Waals surface area contributed by atoms with Gasteiger partial charge in [0.15, 0.2) is 0 Å². The number of amides is 1. The maximum atomic E-state index is 11.7. The summed E-state index contributed by atoms with van der Waals surface area (Å²) >= 11 is 1.19. The van der Waals surface area contributed by atoms with E-state index in [1.165, 1.54) is 11.8 Å². The highest BCUT2D eigenvalue weighted by molar-refractivity contribution is 8.13. The minimum atomic E-state index is 0.00482. The molecule has 0 aliphatic heterocycles. The van der Waals surface area contributed by atoms with E-state index in [1.807, 2.05) is 54.6 Å². The van der Waals surface area contributed by atoms with Gasteiger partial charge in [0.1, 0.15) is 12.4 Å². The predicted molar refractivity (Wildman–Crippen MR) is 82.2 cm³/mol. The highest BCUT2D eigenvalue weighted by Gasteiger charge is 2.07. The van der Waals surface area contributed by atoms with Gasteiger partial charge in [-0.25, -0.2) is 0 Å². The first-order valence-electron chi connectivity index (χ1n) is 6.31. The third-order valence-corrected chi connectivity index (χ3v) is 3.65. The van der Waals surface area contributed by atoms with Crippen LogP contribution in [0.15, 0.2) is 59.5 Å². The summed E-state index contributed by atoms with van der Waals surface area (Å²) in [5, 5.41) is 0.00482. The number of rotatable bonds is 4. The molecule has 0 radical (unpaired) electrons. The molecule has 0 aromatic heterocycles. The van der Waals surface area contributed by atoms with E-state index in [0.717, 1.165) is 16.2 Å². The van der Waals surface area contributed by atoms with Gasteiger partial charge < -0.3 is 9.64 Å². The second-order valence-corrected chi connectivity index (χ2v) is 5.54. The number of hydrogen-bond donors (Lipinski definition) is 0. The van der Waals surface area contributed by atoms with Gasteiger partial charge in [-0.1, -0.05) is 36.4 Å². The molecule has 1 amide bonds. The third kappa shape index (κ3) is 4.31. The predicted octanol–water partition coefficient (Wildman–Crippen LogP) is 4.04. The van der Waals surface area contributed by atoms with E-state index in [0.29, 0.717) is 6.61 Å². The van der Waals surface area contributed by atoms with Crippen LogP contribution in [0.4, 0.5) is 4.79 Å². The van der Waals surface area contributed by atoms with E-state index < -0.39 is 0 Å². The molecule has 0 bridgehead atoms. The van der Waals surface area contributed by atoms with Gasteiger partial charge in [0, 0.05) is 19.0 Å². The molecule has 2 aromatic rings. The Hall–Kier alpha value is -1.94. The summed E-state index contributed by atoms with van der Waals surface area (Å²) in [5.41, 5.74) is 1.12. The van der Waals surface area contributed by atoms with E-state index in [-0.39, 0.29) is 5.24 Å². The maximum absolute atomic E-state index is 11.7. The van der Waals surface area contributed by atoms with Gasteiger partial charge >= 0.3 is 0 Å². The van der Waals surface area contributed by atoms with E-state index in [2.05, 4.69) is 0 Å². The average molecular weight is 287 g/mol. The zero-order valence-electron chi connectivity index (χ0n) is 11.6. The van der Waals surface area contributed by atoms with Crippen molar-refractivity contribution >= 4 is 17.0 Å².